The van der Waals surface area contributed by atoms with Crippen LogP contribution in [0.2, 0.25) is 0 Å². The van der Waals surface area contributed by atoms with E-state index in [0.717, 1.165) is 0 Å². The summed E-state index contributed by atoms with van der Waals surface area (Å²) in [5, 5.41) is 3.00. The van der Waals surface area contributed by atoms with Crippen LogP contribution in [0.5, 0.6) is 0 Å². The zero-order valence-corrected chi connectivity index (χ0v) is 9.48. The van der Waals surface area contributed by atoms with E-state index in [2.05, 4.69) is 17.2 Å². The Hall–Kier alpha value is -1.40. The standard InChI is InChI=1S/C13H15F2N/c1-3-4-6-10(16-2)9-11-12(14)7-5-8-13(11)15/h5,7-8,10,16H,6,9H2,1-2H3. The number of hydrogen-bond acceptors (Lipinski definition) is 1. The summed E-state index contributed by atoms with van der Waals surface area (Å²) in [6.07, 6.45) is 0.893. The monoisotopic (exact) mass is 223 g/mol. The summed E-state index contributed by atoms with van der Waals surface area (Å²) in [7, 11) is 1.76. The topological polar surface area (TPSA) is 12.0 Å². The molecule has 1 atom stereocenters. The average molecular weight is 223 g/mol. The summed E-state index contributed by atoms with van der Waals surface area (Å²) < 4.78 is 26.7. The highest BCUT2D eigenvalue weighted by Gasteiger charge is 2.13. The molecule has 0 aliphatic heterocycles. The molecule has 1 aromatic carbocycles. The summed E-state index contributed by atoms with van der Waals surface area (Å²) >= 11 is 0. The van der Waals surface area contributed by atoms with Gasteiger partial charge in [0.05, 0.1) is 0 Å². The zero-order valence-electron chi connectivity index (χ0n) is 9.48. The minimum Gasteiger partial charge on any atom is -0.316 e. The van der Waals surface area contributed by atoms with Gasteiger partial charge in [-0.3, -0.25) is 0 Å². The normalized spacial score (nSPS) is 11.8. The van der Waals surface area contributed by atoms with Crippen LogP contribution in [-0.2, 0) is 6.42 Å². The van der Waals surface area contributed by atoms with E-state index in [1.807, 2.05) is 0 Å². The molecule has 0 bridgehead atoms. The van der Waals surface area contributed by atoms with E-state index >= 15 is 0 Å². The lowest BCUT2D eigenvalue weighted by Gasteiger charge is -2.14. The summed E-state index contributed by atoms with van der Waals surface area (Å²) in [5.41, 5.74) is 0.125. The molecule has 0 saturated heterocycles. The maximum absolute atomic E-state index is 13.4. The molecule has 0 aliphatic rings. The lowest BCUT2D eigenvalue weighted by molar-refractivity contribution is 0.509. The molecule has 16 heavy (non-hydrogen) atoms. The number of hydrogen-bond donors (Lipinski definition) is 1. The Bertz CT molecular complexity index is 384. The Morgan fingerprint density at radius 1 is 1.31 bits per heavy atom. The van der Waals surface area contributed by atoms with Crippen molar-refractivity contribution in [3.8, 4) is 11.8 Å². The predicted molar refractivity (Wildman–Crippen MR) is 61.0 cm³/mol. The highest BCUT2D eigenvalue weighted by molar-refractivity contribution is 5.21. The molecule has 1 nitrogen and oxygen atoms in total. The van der Waals surface area contributed by atoms with Gasteiger partial charge in [-0.05, 0) is 32.5 Å². The van der Waals surface area contributed by atoms with Crippen LogP contribution in [-0.4, -0.2) is 13.1 Å². The Kier molecular flexibility index (Phi) is 4.94. The second-order valence-corrected chi connectivity index (χ2v) is 3.52. The highest BCUT2D eigenvalue weighted by atomic mass is 19.1. The van der Waals surface area contributed by atoms with Gasteiger partial charge in [0.25, 0.3) is 0 Å². The highest BCUT2D eigenvalue weighted by Crippen LogP contribution is 2.14. The molecule has 0 amide bonds. The fourth-order valence-corrected chi connectivity index (χ4v) is 1.48. The SMILES string of the molecule is CC#CCC(Cc1c(F)cccc1F)NC. The number of rotatable bonds is 4. The van der Waals surface area contributed by atoms with Crippen molar-refractivity contribution < 1.29 is 8.78 Å². The van der Waals surface area contributed by atoms with Gasteiger partial charge in [0, 0.05) is 18.0 Å². The van der Waals surface area contributed by atoms with E-state index in [-0.39, 0.29) is 11.6 Å². The lowest BCUT2D eigenvalue weighted by Crippen LogP contribution is -2.27. The third-order valence-electron chi connectivity index (χ3n) is 2.45. The van der Waals surface area contributed by atoms with E-state index in [0.29, 0.717) is 12.8 Å². The molecule has 3 heteroatoms. The first-order valence-electron chi connectivity index (χ1n) is 5.18. The molecule has 0 spiro atoms. The first-order valence-corrected chi connectivity index (χ1v) is 5.18. The molecule has 86 valence electrons. The minimum absolute atomic E-state index is 0.0288. The molecule has 1 unspecified atom stereocenters. The largest absolute Gasteiger partial charge is 0.316 e. The summed E-state index contributed by atoms with van der Waals surface area (Å²) in [6.45, 7) is 1.75. The molecular weight excluding hydrogens is 208 g/mol. The molecule has 0 fully saturated rings. The van der Waals surface area contributed by atoms with Crippen LogP contribution in [0, 0.1) is 23.5 Å². The van der Waals surface area contributed by atoms with Gasteiger partial charge in [0.1, 0.15) is 11.6 Å². The number of nitrogens with one attached hydrogen (secondary N) is 1. The van der Waals surface area contributed by atoms with Gasteiger partial charge in [-0.2, -0.15) is 0 Å². The zero-order chi connectivity index (χ0) is 12.0. The summed E-state index contributed by atoms with van der Waals surface area (Å²) in [5.74, 6) is 4.68. The van der Waals surface area contributed by atoms with Crippen LogP contribution in [0.3, 0.4) is 0 Å². The fraction of sp³-hybridized carbons (Fsp3) is 0.385. The number of likely N-dealkylation sites (N-methyl/N-ethyl adjacent to an activating group) is 1. The molecule has 1 aromatic rings. The van der Waals surface area contributed by atoms with E-state index in [4.69, 9.17) is 0 Å². The van der Waals surface area contributed by atoms with Gasteiger partial charge in [0.15, 0.2) is 0 Å². The number of benzene rings is 1. The second kappa shape index (κ2) is 6.24. The minimum atomic E-state index is -0.496. The van der Waals surface area contributed by atoms with E-state index in [1.165, 1.54) is 18.2 Å². The second-order valence-electron chi connectivity index (χ2n) is 3.52. The molecule has 0 saturated carbocycles. The van der Waals surface area contributed by atoms with Gasteiger partial charge < -0.3 is 5.32 Å². The van der Waals surface area contributed by atoms with Crippen molar-refractivity contribution in [2.24, 2.45) is 0 Å². The van der Waals surface area contributed by atoms with Crippen LogP contribution in [0.1, 0.15) is 18.9 Å². The maximum atomic E-state index is 13.4. The van der Waals surface area contributed by atoms with Gasteiger partial charge >= 0.3 is 0 Å². The first-order chi connectivity index (χ1) is 7.69. The van der Waals surface area contributed by atoms with Crippen molar-refractivity contribution in [1.29, 1.82) is 0 Å². The number of halogens is 2. The first kappa shape index (κ1) is 12.7. The van der Waals surface area contributed by atoms with Gasteiger partial charge in [-0.1, -0.05) is 6.07 Å². The Morgan fingerprint density at radius 2 is 1.94 bits per heavy atom. The van der Waals surface area contributed by atoms with Crippen LogP contribution >= 0.6 is 0 Å². The molecular formula is C13H15F2N. The van der Waals surface area contributed by atoms with Crippen molar-refractivity contribution in [2.45, 2.75) is 25.8 Å². The van der Waals surface area contributed by atoms with Crippen LogP contribution in [0.25, 0.3) is 0 Å². The van der Waals surface area contributed by atoms with Crippen LogP contribution in [0.4, 0.5) is 8.78 Å². The summed E-state index contributed by atoms with van der Waals surface area (Å²) in [4.78, 5) is 0. The van der Waals surface area contributed by atoms with Crippen molar-refractivity contribution in [3.63, 3.8) is 0 Å². The maximum Gasteiger partial charge on any atom is 0.129 e. The van der Waals surface area contributed by atoms with Gasteiger partial charge in [0.2, 0.25) is 0 Å². The third kappa shape index (κ3) is 3.32. The van der Waals surface area contributed by atoms with E-state index in [1.54, 1.807) is 14.0 Å². The van der Waals surface area contributed by atoms with Crippen LogP contribution in [0.15, 0.2) is 18.2 Å². The fourth-order valence-electron chi connectivity index (χ4n) is 1.48. The van der Waals surface area contributed by atoms with Crippen molar-refractivity contribution >= 4 is 0 Å². The molecule has 0 heterocycles. The lowest BCUT2D eigenvalue weighted by atomic mass is 10.0. The molecule has 0 aromatic heterocycles. The Labute approximate surface area is 94.9 Å². The Morgan fingerprint density at radius 3 is 2.44 bits per heavy atom. The van der Waals surface area contributed by atoms with Crippen molar-refractivity contribution in [1.82, 2.24) is 5.32 Å². The summed E-state index contributed by atoms with van der Waals surface area (Å²) in [6, 6.07) is 3.89. The van der Waals surface area contributed by atoms with Gasteiger partial charge in [-0.25, -0.2) is 8.78 Å². The predicted octanol–water partition coefficient (Wildman–Crippen LogP) is 2.51. The van der Waals surface area contributed by atoms with Crippen molar-refractivity contribution in [3.05, 3.63) is 35.4 Å². The van der Waals surface area contributed by atoms with E-state index < -0.39 is 11.6 Å². The van der Waals surface area contributed by atoms with E-state index in [9.17, 15) is 8.78 Å². The molecule has 1 N–H and O–H groups in total. The van der Waals surface area contributed by atoms with Crippen LogP contribution < -0.4 is 5.32 Å². The van der Waals surface area contributed by atoms with Crippen molar-refractivity contribution in [2.75, 3.05) is 7.05 Å². The third-order valence-corrected chi connectivity index (χ3v) is 2.45. The Balaban J connectivity index is 2.80. The molecule has 1 rings (SSSR count). The smallest absolute Gasteiger partial charge is 0.129 e. The molecule has 0 aliphatic carbocycles. The average Bonchev–Trinajstić information content (AvgIpc) is 2.28. The van der Waals surface area contributed by atoms with Gasteiger partial charge in [-0.15, -0.1) is 11.8 Å². The molecule has 0 radical (unpaired) electrons. The quantitative estimate of drug-likeness (QED) is 0.773.